The Morgan fingerprint density at radius 3 is 2.56 bits per heavy atom. The predicted octanol–water partition coefficient (Wildman–Crippen LogP) is 2.56. The first-order valence-electron chi connectivity index (χ1n) is 8.30. The number of carbonyl (C=O) groups excluding carboxylic acids is 1. The van der Waals surface area contributed by atoms with Crippen molar-refractivity contribution in [1.82, 2.24) is 14.9 Å². The van der Waals surface area contributed by atoms with Crippen LogP contribution < -0.4 is 9.47 Å². The van der Waals surface area contributed by atoms with Gasteiger partial charge in [0.1, 0.15) is 11.5 Å². The summed E-state index contributed by atoms with van der Waals surface area (Å²) in [5.41, 5.74) is 1.71. The molecule has 0 saturated carbocycles. The van der Waals surface area contributed by atoms with E-state index >= 15 is 0 Å². The zero-order chi connectivity index (χ0) is 19.4. The standard InChI is InChI=1S/C18H20N4O4S/c1-5-26-17(23)15(8-12-6-13(24-3)9-14(7-12)25-4)16-10-27-18-20-19-11(2)22(18)21-16/h6-9H,5,10H2,1-4H3/b15-8-. The van der Waals surface area contributed by atoms with Gasteiger partial charge in [-0.2, -0.15) is 9.78 Å². The molecule has 0 atom stereocenters. The first kappa shape index (κ1) is 19.0. The van der Waals surface area contributed by atoms with Gasteiger partial charge in [-0.05, 0) is 37.6 Å². The lowest BCUT2D eigenvalue weighted by Crippen LogP contribution is -2.21. The van der Waals surface area contributed by atoms with Gasteiger partial charge in [-0.15, -0.1) is 10.2 Å². The Morgan fingerprint density at radius 1 is 1.22 bits per heavy atom. The molecule has 9 heteroatoms. The topological polar surface area (TPSA) is 87.8 Å². The third-order valence-electron chi connectivity index (χ3n) is 3.82. The quantitative estimate of drug-likeness (QED) is 0.555. The summed E-state index contributed by atoms with van der Waals surface area (Å²) in [6.07, 6.45) is 1.73. The molecule has 0 bridgehead atoms. The lowest BCUT2D eigenvalue weighted by Gasteiger charge is -2.15. The Hall–Kier alpha value is -2.81. The molecule has 0 amide bonds. The maximum Gasteiger partial charge on any atom is 0.340 e. The monoisotopic (exact) mass is 388 g/mol. The number of rotatable bonds is 6. The fourth-order valence-corrected chi connectivity index (χ4v) is 3.38. The fraction of sp³-hybridized carbons (Fsp3) is 0.333. The van der Waals surface area contributed by atoms with E-state index in [1.54, 1.807) is 38.0 Å². The van der Waals surface area contributed by atoms with Gasteiger partial charge in [0.25, 0.3) is 0 Å². The molecule has 2 heterocycles. The molecule has 142 valence electrons. The molecule has 3 rings (SSSR count). The van der Waals surface area contributed by atoms with E-state index in [4.69, 9.17) is 14.2 Å². The molecule has 0 aliphatic carbocycles. The molecule has 1 aliphatic heterocycles. The van der Waals surface area contributed by atoms with Gasteiger partial charge in [-0.1, -0.05) is 11.8 Å². The van der Waals surface area contributed by atoms with E-state index in [9.17, 15) is 4.79 Å². The molecule has 0 fully saturated rings. The molecule has 1 aromatic heterocycles. The van der Waals surface area contributed by atoms with Crippen LogP contribution >= 0.6 is 11.8 Å². The van der Waals surface area contributed by atoms with Crippen molar-refractivity contribution < 1.29 is 19.0 Å². The number of benzene rings is 1. The minimum Gasteiger partial charge on any atom is -0.497 e. The van der Waals surface area contributed by atoms with Crippen molar-refractivity contribution in [1.29, 1.82) is 0 Å². The highest BCUT2D eigenvalue weighted by atomic mass is 32.2. The average Bonchev–Trinajstić information content (AvgIpc) is 3.06. The lowest BCUT2D eigenvalue weighted by atomic mass is 10.1. The summed E-state index contributed by atoms with van der Waals surface area (Å²) in [5.74, 6) is 1.96. The molecule has 0 radical (unpaired) electrons. The lowest BCUT2D eigenvalue weighted by molar-refractivity contribution is -0.137. The van der Waals surface area contributed by atoms with E-state index in [2.05, 4.69) is 15.3 Å². The summed E-state index contributed by atoms with van der Waals surface area (Å²) in [7, 11) is 3.15. The van der Waals surface area contributed by atoms with Gasteiger partial charge in [-0.25, -0.2) is 4.79 Å². The van der Waals surface area contributed by atoms with Crippen LogP contribution in [0.2, 0.25) is 0 Å². The van der Waals surface area contributed by atoms with E-state index in [-0.39, 0.29) is 6.61 Å². The highest BCUT2D eigenvalue weighted by Crippen LogP contribution is 2.27. The highest BCUT2D eigenvalue weighted by molar-refractivity contribution is 7.99. The van der Waals surface area contributed by atoms with Gasteiger partial charge in [-0.3, -0.25) is 0 Å². The molecule has 0 spiro atoms. The largest absolute Gasteiger partial charge is 0.497 e. The Balaban J connectivity index is 2.07. The van der Waals surface area contributed by atoms with Crippen LogP contribution in [0.5, 0.6) is 11.5 Å². The molecule has 0 unspecified atom stereocenters. The first-order valence-corrected chi connectivity index (χ1v) is 9.29. The van der Waals surface area contributed by atoms with Crippen LogP contribution in [0.4, 0.5) is 0 Å². The second-order valence-corrected chi connectivity index (χ2v) is 6.54. The van der Waals surface area contributed by atoms with Crippen molar-refractivity contribution in [2.24, 2.45) is 5.10 Å². The Bertz CT molecular complexity index is 898. The minimum absolute atomic E-state index is 0.273. The molecule has 1 aliphatic rings. The van der Waals surface area contributed by atoms with Gasteiger partial charge in [0.05, 0.1) is 32.1 Å². The van der Waals surface area contributed by atoms with Crippen LogP contribution in [0.15, 0.2) is 34.0 Å². The van der Waals surface area contributed by atoms with Crippen LogP contribution in [0.1, 0.15) is 18.3 Å². The predicted molar refractivity (Wildman–Crippen MR) is 102 cm³/mol. The van der Waals surface area contributed by atoms with E-state index in [0.717, 1.165) is 5.56 Å². The van der Waals surface area contributed by atoms with Crippen molar-refractivity contribution in [2.75, 3.05) is 26.6 Å². The number of fused-ring (bicyclic) bond motifs is 1. The zero-order valence-corrected chi connectivity index (χ0v) is 16.4. The smallest absolute Gasteiger partial charge is 0.340 e. The number of ether oxygens (including phenoxy) is 3. The van der Waals surface area contributed by atoms with Crippen molar-refractivity contribution in [3.05, 3.63) is 35.2 Å². The second-order valence-electron chi connectivity index (χ2n) is 5.60. The number of nitrogens with zero attached hydrogens (tertiary/aromatic N) is 4. The number of aromatic nitrogens is 3. The molecule has 27 heavy (non-hydrogen) atoms. The van der Waals surface area contributed by atoms with Crippen LogP contribution in [0.25, 0.3) is 6.08 Å². The number of esters is 1. The van der Waals surface area contributed by atoms with Gasteiger partial charge in [0.15, 0.2) is 5.82 Å². The summed E-state index contributed by atoms with van der Waals surface area (Å²) >= 11 is 1.47. The average molecular weight is 388 g/mol. The molecular formula is C18H20N4O4S. The van der Waals surface area contributed by atoms with Crippen molar-refractivity contribution in [2.45, 2.75) is 19.0 Å². The molecule has 2 aromatic rings. The first-order chi connectivity index (χ1) is 13.0. The maximum absolute atomic E-state index is 12.6. The molecule has 1 aromatic carbocycles. The summed E-state index contributed by atoms with van der Waals surface area (Å²) in [6.45, 7) is 3.85. The number of carbonyl (C=O) groups is 1. The van der Waals surface area contributed by atoms with Crippen molar-refractivity contribution >= 4 is 29.5 Å². The van der Waals surface area contributed by atoms with Crippen LogP contribution in [-0.2, 0) is 9.53 Å². The third kappa shape index (κ3) is 4.13. The van der Waals surface area contributed by atoms with Crippen LogP contribution in [0, 0.1) is 6.92 Å². The van der Waals surface area contributed by atoms with E-state index in [1.807, 2.05) is 19.1 Å². The van der Waals surface area contributed by atoms with Crippen LogP contribution in [0.3, 0.4) is 0 Å². The normalized spacial score (nSPS) is 13.6. The number of aryl methyl sites for hydroxylation is 1. The number of hydrogen-bond donors (Lipinski definition) is 0. The zero-order valence-electron chi connectivity index (χ0n) is 15.6. The summed E-state index contributed by atoms with van der Waals surface area (Å²) in [5, 5.41) is 13.3. The van der Waals surface area contributed by atoms with E-state index in [0.29, 0.717) is 39.5 Å². The summed E-state index contributed by atoms with van der Waals surface area (Å²) in [6, 6.07) is 5.39. The van der Waals surface area contributed by atoms with Crippen molar-refractivity contribution in [3.63, 3.8) is 0 Å². The maximum atomic E-state index is 12.6. The van der Waals surface area contributed by atoms with E-state index in [1.165, 1.54) is 11.8 Å². The van der Waals surface area contributed by atoms with Crippen molar-refractivity contribution in [3.8, 4) is 11.5 Å². The molecule has 0 N–H and O–H groups in total. The van der Waals surface area contributed by atoms with Gasteiger partial charge in [0, 0.05) is 11.8 Å². The fourth-order valence-electron chi connectivity index (χ4n) is 2.51. The minimum atomic E-state index is -0.437. The Morgan fingerprint density at radius 2 is 1.93 bits per heavy atom. The molecule has 8 nitrogen and oxygen atoms in total. The number of thioether (sulfide) groups is 1. The Labute approximate surface area is 161 Å². The summed E-state index contributed by atoms with van der Waals surface area (Å²) in [4.78, 5) is 12.6. The molecule has 0 saturated heterocycles. The highest BCUT2D eigenvalue weighted by Gasteiger charge is 2.24. The van der Waals surface area contributed by atoms with Crippen LogP contribution in [-0.4, -0.2) is 53.1 Å². The molecular weight excluding hydrogens is 368 g/mol. The SMILES string of the molecule is CCOC(=O)/C(=C\c1cc(OC)cc(OC)c1)C1=Nn2c(C)nnc2SC1. The second kappa shape index (κ2) is 8.26. The van der Waals surface area contributed by atoms with Gasteiger partial charge < -0.3 is 14.2 Å². The van der Waals surface area contributed by atoms with Gasteiger partial charge in [0.2, 0.25) is 5.16 Å². The summed E-state index contributed by atoms with van der Waals surface area (Å²) < 4.78 is 17.5. The number of hydrogen-bond acceptors (Lipinski definition) is 8. The van der Waals surface area contributed by atoms with E-state index < -0.39 is 5.97 Å². The number of methoxy groups -OCH3 is 2. The Kier molecular flexibility index (Phi) is 5.80. The third-order valence-corrected chi connectivity index (χ3v) is 4.75. The van der Waals surface area contributed by atoms with Gasteiger partial charge >= 0.3 is 5.97 Å².